The summed E-state index contributed by atoms with van der Waals surface area (Å²) in [7, 11) is 1.62. The minimum absolute atomic E-state index is 0.0327. The summed E-state index contributed by atoms with van der Waals surface area (Å²) in [5, 5.41) is 3.27. The zero-order valence-electron chi connectivity index (χ0n) is 12.1. The first-order valence-corrected chi connectivity index (χ1v) is 6.97. The molecule has 3 rings (SSSR count). The van der Waals surface area contributed by atoms with Gasteiger partial charge in [0.2, 0.25) is 5.95 Å². The molecule has 0 radical (unpaired) electrons. The number of nitrogens with one attached hydrogen (secondary N) is 2. The first kappa shape index (κ1) is 13.7. The Balaban J connectivity index is 2.06. The van der Waals surface area contributed by atoms with Crippen LogP contribution in [0.3, 0.4) is 0 Å². The van der Waals surface area contributed by atoms with Crippen LogP contribution in [0.15, 0.2) is 4.79 Å². The lowest BCUT2D eigenvalue weighted by Crippen LogP contribution is -2.44. The highest BCUT2D eigenvalue weighted by Gasteiger charge is 2.18. The molecule has 0 bridgehead atoms. The molecule has 0 amide bonds. The number of rotatable bonds is 3. The number of aromatic nitrogens is 4. The fourth-order valence-corrected chi connectivity index (χ4v) is 2.47. The number of hydrogen-bond donors (Lipinski definition) is 2. The quantitative estimate of drug-likeness (QED) is 0.768. The van der Waals surface area contributed by atoms with Crippen molar-refractivity contribution in [2.45, 2.75) is 13.3 Å². The third-order valence-corrected chi connectivity index (χ3v) is 3.64. The largest absolute Gasteiger partial charge is 0.340 e. The number of nitrogens with zero attached hydrogens (tertiary/aromatic N) is 4. The maximum absolute atomic E-state index is 12.3. The molecule has 0 saturated carbocycles. The monoisotopic (exact) mass is 290 g/mol. The molecule has 0 aliphatic carbocycles. The van der Waals surface area contributed by atoms with Gasteiger partial charge in [-0.25, -0.2) is 4.98 Å². The Hall–Kier alpha value is -2.22. The zero-order valence-corrected chi connectivity index (χ0v) is 12.1. The zero-order chi connectivity index (χ0) is 15.0. The third kappa shape index (κ3) is 2.54. The van der Waals surface area contributed by atoms with E-state index < -0.39 is 0 Å². The predicted molar refractivity (Wildman–Crippen MR) is 78.6 cm³/mol. The van der Waals surface area contributed by atoms with Crippen molar-refractivity contribution in [3.05, 3.63) is 16.2 Å². The lowest BCUT2D eigenvalue weighted by Gasteiger charge is -2.26. The normalized spacial score (nSPS) is 15.6. The van der Waals surface area contributed by atoms with E-state index in [1.807, 2.05) is 0 Å². The molecule has 1 saturated heterocycles. The van der Waals surface area contributed by atoms with Gasteiger partial charge in [-0.2, -0.15) is 4.98 Å². The number of piperazine rings is 1. The Kier molecular flexibility index (Phi) is 3.46. The number of Topliss-reactive ketones (excluding diaryl/α,β-unsaturated/α-hetero) is 1. The molecule has 2 aromatic heterocycles. The van der Waals surface area contributed by atoms with Gasteiger partial charge in [-0.3, -0.25) is 14.2 Å². The van der Waals surface area contributed by atoms with E-state index >= 15 is 0 Å². The molecule has 1 aliphatic rings. The third-order valence-electron chi connectivity index (χ3n) is 3.64. The van der Waals surface area contributed by atoms with E-state index in [-0.39, 0.29) is 17.8 Å². The highest BCUT2D eigenvalue weighted by atomic mass is 16.1. The number of imidazole rings is 1. The van der Waals surface area contributed by atoms with Gasteiger partial charge in [0.25, 0.3) is 5.56 Å². The molecule has 0 aromatic carbocycles. The van der Waals surface area contributed by atoms with Gasteiger partial charge in [0.05, 0.1) is 6.42 Å². The SMILES string of the molecule is CC(=O)Cc1nc2nc(N3CCNCC3)[nH]c2c(=O)n1C. The lowest BCUT2D eigenvalue weighted by atomic mass is 10.3. The van der Waals surface area contributed by atoms with E-state index in [0.717, 1.165) is 26.2 Å². The van der Waals surface area contributed by atoms with Crippen LogP contribution in [0.4, 0.5) is 5.95 Å². The topological polar surface area (TPSA) is 95.9 Å². The van der Waals surface area contributed by atoms with Crippen molar-refractivity contribution >= 4 is 22.9 Å². The standard InChI is InChI=1S/C13H18N6O2/c1-8(20)7-9-15-11-10(12(21)18(9)2)16-13(17-11)19-5-3-14-4-6-19/h14H,3-7H2,1-2H3,(H,16,17). The maximum atomic E-state index is 12.3. The Morgan fingerprint density at radius 2 is 2.00 bits per heavy atom. The number of ketones is 1. The Morgan fingerprint density at radius 3 is 2.67 bits per heavy atom. The fraction of sp³-hybridized carbons (Fsp3) is 0.538. The van der Waals surface area contributed by atoms with E-state index in [1.165, 1.54) is 11.5 Å². The Labute approximate surface area is 121 Å². The highest BCUT2D eigenvalue weighted by Crippen LogP contribution is 2.14. The van der Waals surface area contributed by atoms with Crippen LogP contribution >= 0.6 is 0 Å². The number of aromatic amines is 1. The summed E-state index contributed by atoms with van der Waals surface area (Å²) in [6.07, 6.45) is 0.136. The van der Waals surface area contributed by atoms with Crippen LogP contribution in [0.5, 0.6) is 0 Å². The molecule has 0 unspecified atom stereocenters. The van der Waals surface area contributed by atoms with Crippen LogP contribution in [-0.4, -0.2) is 51.5 Å². The molecule has 0 atom stereocenters. The number of H-pyrrole nitrogens is 1. The molecule has 21 heavy (non-hydrogen) atoms. The second-order valence-electron chi connectivity index (χ2n) is 5.27. The van der Waals surface area contributed by atoms with Gasteiger partial charge in [-0.05, 0) is 6.92 Å². The van der Waals surface area contributed by atoms with Gasteiger partial charge in [-0.15, -0.1) is 0 Å². The molecule has 2 aromatic rings. The number of carbonyl (C=O) groups excluding carboxylic acids is 1. The van der Waals surface area contributed by atoms with Gasteiger partial charge in [0, 0.05) is 33.2 Å². The molecule has 1 fully saturated rings. The van der Waals surface area contributed by atoms with E-state index in [9.17, 15) is 9.59 Å². The number of carbonyl (C=O) groups is 1. The predicted octanol–water partition coefficient (Wildman–Crippen LogP) is -0.802. The molecule has 8 nitrogen and oxygen atoms in total. The van der Waals surface area contributed by atoms with Gasteiger partial charge < -0.3 is 15.2 Å². The summed E-state index contributed by atoms with van der Waals surface area (Å²) in [5.74, 6) is 1.07. The summed E-state index contributed by atoms with van der Waals surface area (Å²) >= 11 is 0. The van der Waals surface area contributed by atoms with Crippen molar-refractivity contribution in [3.63, 3.8) is 0 Å². The number of fused-ring (bicyclic) bond motifs is 1. The Morgan fingerprint density at radius 1 is 1.29 bits per heavy atom. The van der Waals surface area contributed by atoms with Crippen LogP contribution in [0.25, 0.3) is 11.2 Å². The van der Waals surface area contributed by atoms with Gasteiger partial charge in [0.1, 0.15) is 11.6 Å². The van der Waals surface area contributed by atoms with Crippen molar-refractivity contribution in [1.29, 1.82) is 0 Å². The summed E-state index contributed by atoms with van der Waals surface area (Å²) in [4.78, 5) is 37.5. The van der Waals surface area contributed by atoms with Crippen LogP contribution in [0.2, 0.25) is 0 Å². The smallest absolute Gasteiger partial charge is 0.279 e. The van der Waals surface area contributed by atoms with Crippen molar-refractivity contribution < 1.29 is 4.79 Å². The van der Waals surface area contributed by atoms with Crippen molar-refractivity contribution in [3.8, 4) is 0 Å². The highest BCUT2D eigenvalue weighted by molar-refractivity contribution is 5.78. The number of hydrogen-bond acceptors (Lipinski definition) is 6. The second-order valence-corrected chi connectivity index (χ2v) is 5.27. The molecular weight excluding hydrogens is 272 g/mol. The van der Waals surface area contributed by atoms with Gasteiger partial charge in [-0.1, -0.05) is 0 Å². The van der Waals surface area contributed by atoms with Crippen LogP contribution < -0.4 is 15.8 Å². The van der Waals surface area contributed by atoms with Gasteiger partial charge in [0.15, 0.2) is 11.2 Å². The van der Waals surface area contributed by atoms with E-state index in [0.29, 0.717) is 22.9 Å². The number of anilines is 1. The van der Waals surface area contributed by atoms with Crippen LogP contribution in [0, 0.1) is 0 Å². The van der Waals surface area contributed by atoms with Crippen molar-refractivity contribution in [2.75, 3.05) is 31.1 Å². The molecule has 112 valence electrons. The Bertz CT molecular complexity index is 741. The average Bonchev–Trinajstić information content (AvgIpc) is 2.89. The van der Waals surface area contributed by atoms with Crippen LogP contribution in [0.1, 0.15) is 12.7 Å². The molecule has 2 N–H and O–H groups in total. The van der Waals surface area contributed by atoms with Crippen molar-refractivity contribution in [2.24, 2.45) is 7.05 Å². The van der Waals surface area contributed by atoms with E-state index in [2.05, 4.69) is 25.2 Å². The average molecular weight is 290 g/mol. The lowest BCUT2D eigenvalue weighted by molar-refractivity contribution is -0.116. The summed E-state index contributed by atoms with van der Waals surface area (Å²) < 4.78 is 1.41. The molecule has 0 spiro atoms. The molecule has 1 aliphatic heterocycles. The summed E-state index contributed by atoms with van der Waals surface area (Å²) in [5.41, 5.74) is 0.561. The molecule has 3 heterocycles. The molecular formula is C13H18N6O2. The summed E-state index contributed by atoms with van der Waals surface area (Å²) in [6, 6.07) is 0. The van der Waals surface area contributed by atoms with Crippen LogP contribution in [-0.2, 0) is 18.3 Å². The second kappa shape index (κ2) is 5.28. The molecule has 8 heteroatoms. The summed E-state index contributed by atoms with van der Waals surface area (Å²) in [6.45, 7) is 4.92. The first-order chi connectivity index (χ1) is 10.1. The van der Waals surface area contributed by atoms with E-state index in [4.69, 9.17) is 0 Å². The minimum atomic E-state index is -0.204. The maximum Gasteiger partial charge on any atom is 0.279 e. The van der Waals surface area contributed by atoms with Crippen molar-refractivity contribution in [1.82, 2.24) is 24.8 Å². The van der Waals surface area contributed by atoms with Gasteiger partial charge >= 0.3 is 0 Å². The fourth-order valence-electron chi connectivity index (χ4n) is 2.47. The first-order valence-electron chi connectivity index (χ1n) is 6.97. The van der Waals surface area contributed by atoms with E-state index in [1.54, 1.807) is 7.05 Å². The minimum Gasteiger partial charge on any atom is -0.340 e.